The van der Waals surface area contributed by atoms with Gasteiger partial charge in [-0.25, -0.2) is 0 Å². The van der Waals surface area contributed by atoms with Gasteiger partial charge in [-0.05, 0) is 43.4 Å². The molecule has 0 spiro atoms. The predicted molar refractivity (Wildman–Crippen MR) is 63.1 cm³/mol. The van der Waals surface area contributed by atoms with Crippen molar-refractivity contribution in [1.82, 2.24) is 10.3 Å². The number of aromatic nitrogens is 1. The number of halogens is 1. The van der Waals surface area contributed by atoms with E-state index >= 15 is 0 Å². The van der Waals surface area contributed by atoms with Crippen LogP contribution in [0.1, 0.15) is 25.3 Å². The molecule has 1 aliphatic rings. The minimum atomic E-state index is 0.474. The molecule has 1 aromatic heterocycles. The van der Waals surface area contributed by atoms with Crippen molar-refractivity contribution >= 4 is 11.6 Å². The molecule has 1 atom stereocenters. The van der Waals surface area contributed by atoms with Gasteiger partial charge in [0.1, 0.15) is 0 Å². The molecule has 1 fully saturated rings. The standard InChI is InChI=1S/C12H17ClN2/c1-12(4-5-12)11(14-2)7-9-3-6-15-8-10(9)13/h3,6,8,11,14H,4-5,7H2,1-2H3. The van der Waals surface area contributed by atoms with Gasteiger partial charge in [-0.1, -0.05) is 18.5 Å². The third kappa shape index (κ3) is 2.32. The first-order valence-electron chi connectivity index (χ1n) is 5.41. The number of rotatable bonds is 4. The SMILES string of the molecule is CNC(Cc1ccncc1Cl)C1(C)CC1. The molecule has 82 valence electrons. The molecule has 1 saturated carbocycles. The summed E-state index contributed by atoms with van der Waals surface area (Å²) in [6.45, 7) is 2.34. The van der Waals surface area contributed by atoms with Crippen LogP contribution in [-0.2, 0) is 6.42 Å². The topological polar surface area (TPSA) is 24.9 Å². The summed E-state index contributed by atoms with van der Waals surface area (Å²) in [6.07, 6.45) is 7.17. The van der Waals surface area contributed by atoms with Gasteiger partial charge in [0.25, 0.3) is 0 Å². The number of hydrogen-bond acceptors (Lipinski definition) is 2. The molecular formula is C12H17ClN2. The molecule has 0 radical (unpaired) electrons. The Bertz CT molecular complexity index is 347. The van der Waals surface area contributed by atoms with Gasteiger partial charge in [-0.3, -0.25) is 4.98 Å². The highest BCUT2D eigenvalue weighted by atomic mass is 35.5. The van der Waals surface area contributed by atoms with E-state index in [0.717, 1.165) is 11.4 Å². The molecule has 0 bridgehead atoms. The zero-order chi connectivity index (χ0) is 10.9. The van der Waals surface area contributed by atoms with Crippen LogP contribution in [0.15, 0.2) is 18.5 Å². The number of likely N-dealkylation sites (N-methyl/N-ethyl adjacent to an activating group) is 1. The molecule has 1 aromatic rings. The third-order valence-electron chi connectivity index (χ3n) is 3.51. The van der Waals surface area contributed by atoms with Crippen LogP contribution in [0.5, 0.6) is 0 Å². The van der Waals surface area contributed by atoms with E-state index in [-0.39, 0.29) is 0 Å². The fourth-order valence-corrected chi connectivity index (χ4v) is 2.23. The molecule has 0 amide bonds. The lowest BCUT2D eigenvalue weighted by Gasteiger charge is -2.23. The van der Waals surface area contributed by atoms with Crippen molar-refractivity contribution in [2.45, 2.75) is 32.2 Å². The lowest BCUT2D eigenvalue weighted by molar-refractivity contribution is 0.376. The van der Waals surface area contributed by atoms with Crippen molar-refractivity contribution in [1.29, 1.82) is 0 Å². The Morgan fingerprint density at radius 1 is 1.60 bits per heavy atom. The molecule has 1 N–H and O–H groups in total. The summed E-state index contributed by atoms with van der Waals surface area (Å²) in [4.78, 5) is 4.00. The summed E-state index contributed by atoms with van der Waals surface area (Å²) in [7, 11) is 2.03. The first-order chi connectivity index (χ1) is 7.15. The average Bonchev–Trinajstić information content (AvgIpc) is 2.96. The first-order valence-corrected chi connectivity index (χ1v) is 5.79. The highest BCUT2D eigenvalue weighted by Gasteiger charge is 2.43. The Kier molecular flexibility index (Phi) is 2.98. The van der Waals surface area contributed by atoms with E-state index in [1.165, 1.54) is 18.4 Å². The fraction of sp³-hybridized carbons (Fsp3) is 0.583. The number of pyridine rings is 1. The maximum Gasteiger partial charge on any atom is 0.0621 e. The van der Waals surface area contributed by atoms with E-state index in [1.54, 1.807) is 6.20 Å². The van der Waals surface area contributed by atoms with E-state index in [2.05, 4.69) is 17.2 Å². The Balaban J connectivity index is 2.10. The summed E-state index contributed by atoms with van der Waals surface area (Å²) in [5, 5.41) is 4.18. The van der Waals surface area contributed by atoms with Crippen molar-refractivity contribution in [3.8, 4) is 0 Å². The lowest BCUT2D eigenvalue weighted by atomic mass is 9.93. The summed E-state index contributed by atoms with van der Waals surface area (Å²) in [5.41, 5.74) is 1.67. The zero-order valence-corrected chi connectivity index (χ0v) is 10.0. The monoisotopic (exact) mass is 224 g/mol. The second kappa shape index (κ2) is 4.11. The van der Waals surface area contributed by atoms with Crippen LogP contribution in [-0.4, -0.2) is 18.1 Å². The second-order valence-electron chi connectivity index (χ2n) is 4.67. The van der Waals surface area contributed by atoms with Crippen LogP contribution < -0.4 is 5.32 Å². The first kappa shape index (κ1) is 10.9. The third-order valence-corrected chi connectivity index (χ3v) is 3.85. The molecular weight excluding hydrogens is 208 g/mol. The quantitative estimate of drug-likeness (QED) is 0.851. The summed E-state index contributed by atoms with van der Waals surface area (Å²) in [6, 6.07) is 2.54. The van der Waals surface area contributed by atoms with Gasteiger partial charge in [0.05, 0.1) is 5.02 Å². The van der Waals surface area contributed by atoms with Crippen LogP contribution in [0.4, 0.5) is 0 Å². The van der Waals surface area contributed by atoms with Crippen LogP contribution in [0.25, 0.3) is 0 Å². The molecule has 15 heavy (non-hydrogen) atoms. The van der Waals surface area contributed by atoms with Gasteiger partial charge in [0.2, 0.25) is 0 Å². The van der Waals surface area contributed by atoms with Gasteiger partial charge < -0.3 is 5.32 Å². The Morgan fingerprint density at radius 2 is 2.33 bits per heavy atom. The smallest absolute Gasteiger partial charge is 0.0621 e. The van der Waals surface area contributed by atoms with Gasteiger partial charge >= 0.3 is 0 Å². The van der Waals surface area contributed by atoms with E-state index < -0.39 is 0 Å². The van der Waals surface area contributed by atoms with Crippen molar-refractivity contribution in [3.63, 3.8) is 0 Å². The molecule has 1 aliphatic carbocycles. The van der Waals surface area contributed by atoms with Gasteiger partial charge in [0, 0.05) is 18.4 Å². The normalized spacial score (nSPS) is 19.9. The Labute approximate surface area is 96.1 Å². The molecule has 2 rings (SSSR count). The maximum absolute atomic E-state index is 6.11. The number of nitrogens with zero attached hydrogens (tertiary/aromatic N) is 1. The largest absolute Gasteiger partial charge is 0.316 e. The van der Waals surface area contributed by atoms with Crippen LogP contribution >= 0.6 is 11.6 Å². The summed E-state index contributed by atoms with van der Waals surface area (Å²) >= 11 is 6.11. The van der Waals surface area contributed by atoms with Crippen molar-refractivity contribution in [2.75, 3.05) is 7.05 Å². The molecule has 0 aromatic carbocycles. The van der Waals surface area contributed by atoms with Gasteiger partial charge in [-0.15, -0.1) is 0 Å². The Hall–Kier alpha value is -0.600. The van der Waals surface area contributed by atoms with E-state index in [1.807, 2.05) is 19.3 Å². The predicted octanol–water partition coefficient (Wildman–Crippen LogP) is 2.67. The van der Waals surface area contributed by atoms with E-state index in [0.29, 0.717) is 11.5 Å². The molecule has 2 nitrogen and oxygen atoms in total. The zero-order valence-electron chi connectivity index (χ0n) is 9.26. The molecule has 1 heterocycles. The molecule has 1 unspecified atom stereocenters. The van der Waals surface area contributed by atoms with Crippen molar-refractivity contribution in [2.24, 2.45) is 5.41 Å². The van der Waals surface area contributed by atoms with Crippen LogP contribution in [0, 0.1) is 5.41 Å². The molecule has 3 heteroatoms. The maximum atomic E-state index is 6.11. The van der Waals surface area contributed by atoms with Crippen LogP contribution in [0.2, 0.25) is 5.02 Å². The molecule has 0 saturated heterocycles. The highest BCUT2D eigenvalue weighted by Crippen LogP contribution is 2.49. The van der Waals surface area contributed by atoms with Gasteiger partial charge in [0.15, 0.2) is 0 Å². The van der Waals surface area contributed by atoms with Gasteiger partial charge in [-0.2, -0.15) is 0 Å². The average molecular weight is 225 g/mol. The number of hydrogen-bond donors (Lipinski definition) is 1. The second-order valence-corrected chi connectivity index (χ2v) is 5.07. The lowest BCUT2D eigenvalue weighted by Crippen LogP contribution is -2.35. The molecule has 0 aliphatic heterocycles. The van der Waals surface area contributed by atoms with E-state index in [4.69, 9.17) is 11.6 Å². The summed E-state index contributed by atoms with van der Waals surface area (Å²) in [5.74, 6) is 0. The van der Waals surface area contributed by atoms with Crippen molar-refractivity contribution < 1.29 is 0 Å². The fourth-order valence-electron chi connectivity index (χ4n) is 2.03. The Morgan fingerprint density at radius 3 is 2.87 bits per heavy atom. The van der Waals surface area contributed by atoms with Crippen molar-refractivity contribution in [3.05, 3.63) is 29.0 Å². The van der Waals surface area contributed by atoms with Crippen LogP contribution in [0.3, 0.4) is 0 Å². The van der Waals surface area contributed by atoms with E-state index in [9.17, 15) is 0 Å². The summed E-state index contributed by atoms with van der Waals surface area (Å²) < 4.78 is 0. The minimum absolute atomic E-state index is 0.474. The number of nitrogens with one attached hydrogen (secondary N) is 1. The minimum Gasteiger partial charge on any atom is -0.316 e. The highest BCUT2D eigenvalue weighted by molar-refractivity contribution is 6.31.